The standard InChI is InChI=1S/C13H13ClO6/c14-10-6-4-2-1-3(5(6)9(10)13(19)20)7(11(15)16)8(4)12(17)18/h1-10H,(H,15,16)(H,17,18)(H,19,20)/t3-,4+,5+,6-,7+,8-,9+,10-/m1/s1. The van der Waals surface area contributed by atoms with Crippen molar-refractivity contribution in [3.63, 3.8) is 0 Å². The molecule has 20 heavy (non-hydrogen) atoms. The summed E-state index contributed by atoms with van der Waals surface area (Å²) in [5, 5.41) is 27.2. The summed E-state index contributed by atoms with van der Waals surface area (Å²) in [6.07, 6.45) is 3.38. The first-order valence-corrected chi connectivity index (χ1v) is 6.80. The van der Waals surface area contributed by atoms with E-state index in [9.17, 15) is 29.7 Å². The molecule has 0 aromatic rings. The highest BCUT2D eigenvalue weighted by Crippen LogP contribution is 2.63. The van der Waals surface area contributed by atoms with Gasteiger partial charge in [-0.2, -0.15) is 0 Å². The lowest BCUT2D eigenvalue weighted by molar-refractivity contribution is -0.182. The van der Waals surface area contributed by atoms with Crippen molar-refractivity contribution in [1.82, 2.24) is 0 Å². The maximum atomic E-state index is 11.4. The zero-order chi connectivity index (χ0) is 14.8. The lowest BCUT2D eigenvalue weighted by atomic mass is 9.43. The minimum absolute atomic E-state index is 0.260. The molecule has 6 nitrogen and oxygen atoms in total. The van der Waals surface area contributed by atoms with Crippen LogP contribution in [0.3, 0.4) is 0 Å². The lowest BCUT2D eigenvalue weighted by Crippen LogP contribution is -2.66. The third-order valence-electron chi connectivity index (χ3n) is 5.09. The zero-order valence-corrected chi connectivity index (χ0v) is 11.0. The Balaban J connectivity index is 2.02. The van der Waals surface area contributed by atoms with Crippen LogP contribution in [0.2, 0.25) is 0 Å². The van der Waals surface area contributed by atoms with Gasteiger partial charge in [-0.1, -0.05) is 12.2 Å². The van der Waals surface area contributed by atoms with Crippen molar-refractivity contribution in [2.45, 2.75) is 5.38 Å². The Morgan fingerprint density at radius 2 is 1.15 bits per heavy atom. The molecule has 0 amide bonds. The maximum absolute atomic E-state index is 11.4. The van der Waals surface area contributed by atoms with Crippen LogP contribution in [0.4, 0.5) is 0 Å². The molecule has 7 heteroatoms. The van der Waals surface area contributed by atoms with Crippen LogP contribution in [0.15, 0.2) is 12.2 Å². The van der Waals surface area contributed by atoms with E-state index >= 15 is 0 Å². The lowest BCUT2D eigenvalue weighted by Gasteiger charge is -2.61. The van der Waals surface area contributed by atoms with Gasteiger partial charge in [0, 0.05) is 0 Å². The predicted molar refractivity (Wildman–Crippen MR) is 66.1 cm³/mol. The number of carbonyl (C=O) groups is 3. The summed E-state index contributed by atoms with van der Waals surface area (Å²) >= 11 is 6.12. The Bertz CT molecular complexity index is 529. The molecule has 0 aromatic heterocycles. The molecule has 2 bridgehead atoms. The first-order chi connectivity index (χ1) is 9.36. The van der Waals surface area contributed by atoms with E-state index in [0.717, 1.165) is 0 Å². The molecule has 0 aromatic carbocycles. The van der Waals surface area contributed by atoms with E-state index in [-0.39, 0.29) is 11.8 Å². The normalized spacial score (nSPS) is 48.2. The second kappa shape index (κ2) is 4.22. The van der Waals surface area contributed by atoms with E-state index in [2.05, 4.69) is 0 Å². The molecule has 2 fully saturated rings. The van der Waals surface area contributed by atoms with E-state index in [1.54, 1.807) is 12.2 Å². The second-order valence-electron chi connectivity index (χ2n) is 5.73. The van der Waals surface area contributed by atoms with Gasteiger partial charge in [-0.15, -0.1) is 11.6 Å². The molecule has 0 radical (unpaired) electrons. The molecule has 3 N–H and O–H groups in total. The van der Waals surface area contributed by atoms with Crippen LogP contribution in [-0.4, -0.2) is 38.6 Å². The summed E-state index contributed by atoms with van der Waals surface area (Å²) in [5.41, 5.74) is 0. The van der Waals surface area contributed by atoms with Crippen molar-refractivity contribution in [2.75, 3.05) is 0 Å². The Morgan fingerprint density at radius 3 is 1.55 bits per heavy atom. The fourth-order valence-electron chi connectivity index (χ4n) is 4.37. The fraction of sp³-hybridized carbons (Fsp3) is 0.615. The van der Waals surface area contributed by atoms with Gasteiger partial charge in [-0.3, -0.25) is 14.4 Å². The van der Waals surface area contributed by atoms with E-state index in [0.29, 0.717) is 0 Å². The van der Waals surface area contributed by atoms with Gasteiger partial charge >= 0.3 is 17.9 Å². The highest BCUT2D eigenvalue weighted by atomic mass is 35.5. The monoisotopic (exact) mass is 300 g/mol. The van der Waals surface area contributed by atoms with Crippen LogP contribution in [0.1, 0.15) is 0 Å². The van der Waals surface area contributed by atoms with Crippen LogP contribution in [-0.2, 0) is 14.4 Å². The Labute approximate surface area is 119 Å². The van der Waals surface area contributed by atoms with Crippen LogP contribution in [0.5, 0.6) is 0 Å². The highest BCUT2D eigenvalue weighted by Gasteiger charge is 2.68. The Kier molecular flexibility index (Phi) is 2.83. The van der Waals surface area contributed by atoms with Crippen LogP contribution < -0.4 is 0 Å². The summed E-state index contributed by atoms with van der Waals surface area (Å²) < 4.78 is 0. The molecule has 0 saturated heterocycles. The largest absolute Gasteiger partial charge is 0.481 e. The molecular weight excluding hydrogens is 288 g/mol. The van der Waals surface area contributed by atoms with E-state index < -0.39 is 52.9 Å². The number of alkyl halides is 1. The quantitative estimate of drug-likeness (QED) is 0.524. The smallest absolute Gasteiger partial charge is 0.308 e. The first kappa shape index (κ1) is 13.4. The third-order valence-corrected chi connectivity index (χ3v) is 5.65. The van der Waals surface area contributed by atoms with Crippen LogP contribution in [0.25, 0.3) is 0 Å². The number of hydrogen-bond acceptors (Lipinski definition) is 3. The van der Waals surface area contributed by atoms with Gasteiger partial charge in [0.15, 0.2) is 0 Å². The van der Waals surface area contributed by atoms with Crippen LogP contribution >= 0.6 is 11.6 Å². The summed E-state index contributed by atoms with van der Waals surface area (Å²) in [5.74, 6) is -7.98. The summed E-state index contributed by atoms with van der Waals surface area (Å²) in [6.45, 7) is 0. The van der Waals surface area contributed by atoms with Gasteiger partial charge < -0.3 is 15.3 Å². The molecule has 4 aliphatic rings. The Hall–Kier alpha value is -1.56. The van der Waals surface area contributed by atoms with Gasteiger partial charge in [-0.25, -0.2) is 0 Å². The molecular formula is C13H13ClO6. The molecule has 4 rings (SSSR count). The predicted octanol–water partition coefficient (Wildman–Crippen LogP) is 0.758. The highest BCUT2D eigenvalue weighted by molar-refractivity contribution is 6.23. The number of carboxylic acids is 3. The average molecular weight is 301 g/mol. The molecule has 4 aliphatic carbocycles. The topological polar surface area (TPSA) is 112 Å². The van der Waals surface area contributed by atoms with Crippen molar-refractivity contribution in [3.8, 4) is 0 Å². The van der Waals surface area contributed by atoms with Crippen molar-refractivity contribution >= 4 is 29.5 Å². The van der Waals surface area contributed by atoms with Gasteiger partial charge in [0.05, 0.1) is 23.1 Å². The number of rotatable bonds is 3. The van der Waals surface area contributed by atoms with Crippen molar-refractivity contribution in [1.29, 1.82) is 0 Å². The molecule has 0 heterocycles. The number of carboxylic acid groups (broad SMARTS) is 3. The summed E-state index contributed by atoms with van der Waals surface area (Å²) in [7, 11) is 0. The number of hydrogen-bond donors (Lipinski definition) is 3. The summed E-state index contributed by atoms with van der Waals surface area (Å²) in [4.78, 5) is 34.1. The Morgan fingerprint density at radius 1 is 0.750 bits per heavy atom. The van der Waals surface area contributed by atoms with E-state index in [4.69, 9.17) is 11.6 Å². The second-order valence-corrected chi connectivity index (χ2v) is 6.23. The number of aliphatic carboxylic acids is 3. The van der Waals surface area contributed by atoms with Crippen molar-refractivity contribution in [2.24, 2.45) is 41.4 Å². The van der Waals surface area contributed by atoms with Crippen LogP contribution in [0, 0.1) is 41.4 Å². The number of halogens is 1. The van der Waals surface area contributed by atoms with E-state index in [1.165, 1.54) is 0 Å². The molecule has 0 aliphatic heterocycles. The minimum atomic E-state index is -1.18. The van der Waals surface area contributed by atoms with Gasteiger partial charge in [-0.05, 0) is 23.7 Å². The molecule has 108 valence electrons. The molecule has 0 unspecified atom stereocenters. The molecule has 8 atom stereocenters. The molecule has 2 saturated carbocycles. The zero-order valence-electron chi connectivity index (χ0n) is 10.2. The summed E-state index contributed by atoms with van der Waals surface area (Å²) in [6, 6.07) is 0. The van der Waals surface area contributed by atoms with E-state index in [1.807, 2.05) is 0 Å². The minimum Gasteiger partial charge on any atom is -0.481 e. The first-order valence-electron chi connectivity index (χ1n) is 6.37. The average Bonchev–Trinajstić information content (AvgIpc) is 2.35. The SMILES string of the molecule is O=C(O)[C@@H]1[C@H]2C=C[C@@H]([C@@H]1C(=O)O)[C@@H]1[C@H](C(=O)O)[C@H](Cl)[C@H]21. The third kappa shape index (κ3) is 1.48. The maximum Gasteiger partial charge on any atom is 0.308 e. The number of fused-ring (bicyclic) bond motifs is 1. The van der Waals surface area contributed by atoms with Gasteiger partial charge in [0.1, 0.15) is 0 Å². The number of allylic oxidation sites excluding steroid dienone is 2. The van der Waals surface area contributed by atoms with Crippen molar-refractivity contribution < 1.29 is 29.7 Å². The van der Waals surface area contributed by atoms with Crippen molar-refractivity contribution in [3.05, 3.63) is 12.2 Å². The van der Waals surface area contributed by atoms with Gasteiger partial charge in [0.2, 0.25) is 0 Å². The van der Waals surface area contributed by atoms with Gasteiger partial charge in [0.25, 0.3) is 0 Å². The molecule has 0 spiro atoms. The fourth-order valence-corrected chi connectivity index (χ4v) is 4.98.